The Morgan fingerprint density at radius 1 is 0.290 bits per heavy atom. The van der Waals surface area contributed by atoms with Crippen LogP contribution in [0.5, 0.6) is 0 Å². The summed E-state index contributed by atoms with van der Waals surface area (Å²) in [4.78, 5) is 2.36. The molecule has 0 bridgehead atoms. The van der Waals surface area contributed by atoms with Gasteiger partial charge in [0.05, 0.1) is 16.4 Å². The van der Waals surface area contributed by atoms with Crippen molar-refractivity contribution in [2.24, 2.45) is 0 Å². The Balaban J connectivity index is 0.914. The molecule has 0 radical (unpaired) electrons. The molecule has 2 aliphatic rings. The smallest absolute Gasteiger partial charge is 0.0726 e. The largest absolute Gasteiger partial charge is 0.311 e. The highest BCUT2D eigenvalue weighted by atomic mass is 15.1. The average molecular weight is 877 g/mol. The Bertz CT molecular complexity index is 3820. The van der Waals surface area contributed by atoms with E-state index in [4.69, 9.17) is 0 Å². The summed E-state index contributed by atoms with van der Waals surface area (Å²) in [6.45, 7) is 0. The molecule has 322 valence electrons. The molecule has 1 atom stereocenters. The van der Waals surface area contributed by atoms with Crippen LogP contribution >= 0.6 is 0 Å². The first-order valence-corrected chi connectivity index (χ1v) is 23.9. The molecule has 14 rings (SSSR count). The van der Waals surface area contributed by atoms with Crippen molar-refractivity contribution in [3.8, 4) is 61.3 Å². The molecule has 0 aliphatic heterocycles. The van der Waals surface area contributed by atoms with E-state index in [-0.39, 0.29) is 0 Å². The number of anilines is 3. The van der Waals surface area contributed by atoms with E-state index in [9.17, 15) is 0 Å². The SMILES string of the molecule is c1ccc(-c2ccc(N(c3ccc(-c4ccccc4)cc3)c3ccc(-c4ccc5c(c4)C4(c6ccccc6-5)c5ccccc5-c5c4ccc4c5c5ccccc5n4-c4ccccc4)cc3)cc2)cc1. The summed E-state index contributed by atoms with van der Waals surface area (Å²) in [6.07, 6.45) is 0. The van der Waals surface area contributed by atoms with Gasteiger partial charge in [-0.25, -0.2) is 0 Å². The summed E-state index contributed by atoms with van der Waals surface area (Å²) in [5.41, 5.74) is 24.2. The van der Waals surface area contributed by atoms with Gasteiger partial charge in [0.25, 0.3) is 0 Å². The highest BCUT2D eigenvalue weighted by Gasteiger charge is 2.52. The Morgan fingerprint density at radius 3 is 1.35 bits per heavy atom. The molecule has 2 aliphatic carbocycles. The van der Waals surface area contributed by atoms with Crippen LogP contribution in [-0.4, -0.2) is 4.57 Å². The van der Waals surface area contributed by atoms with Crippen molar-refractivity contribution in [1.82, 2.24) is 4.57 Å². The number of hydrogen-bond acceptors (Lipinski definition) is 1. The van der Waals surface area contributed by atoms with Crippen LogP contribution in [0, 0.1) is 0 Å². The summed E-state index contributed by atoms with van der Waals surface area (Å²) in [5.74, 6) is 0. The Kier molecular flexibility index (Phi) is 8.84. The lowest BCUT2D eigenvalue weighted by molar-refractivity contribution is 0.794. The van der Waals surface area contributed by atoms with Gasteiger partial charge in [-0.15, -0.1) is 0 Å². The predicted molar refractivity (Wildman–Crippen MR) is 288 cm³/mol. The van der Waals surface area contributed by atoms with E-state index in [2.05, 4.69) is 276 Å². The van der Waals surface area contributed by atoms with E-state index < -0.39 is 5.41 Å². The zero-order chi connectivity index (χ0) is 45.5. The van der Waals surface area contributed by atoms with Crippen molar-refractivity contribution in [2.45, 2.75) is 5.41 Å². The topological polar surface area (TPSA) is 8.17 Å². The highest BCUT2D eigenvalue weighted by Crippen LogP contribution is 2.64. The molecule has 12 aromatic rings. The minimum atomic E-state index is -0.493. The summed E-state index contributed by atoms with van der Waals surface area (Å²) < 4.78 is 2.44. The molecule has 2 heteroatoms. The maximum Gasteiger partial charge on any atom is 0.0726 e. The molecule has 1 spiro atoms. The van der Waals surface area contributed by atoms with Crippen LogP contribution in [0.3, 0.4) is 0 Å². The van der Waals surface area contributed by atoms with Gasteiger partial charge in [0.2, 0.25) is 0 Å². The van der Waals surface area contributed by atoms with Gasteiger partial charge in [0, 0.05) is 33.5 Å². The van der Waals surface area contributed by atoms with E-state index in [1.54, 1.807) is 0 Å². The molecule has 0 saturated carbocycles. The first-order valence-electron chi connectivity index (χ1n) is 23.9. The monoisotopic (exact) mass is 876 g/mol. The van der Waals surface area contributed by atoms with E-state index in [0.717, 1.165) is 17.1 Å². The second kappa shape index (κ2) is 15.6. The highest BCUT2D eigenvalue weighted by molar-refractivity contribution is 6.19. The van der Waals surface area contributed by atoms with Gasteiger partial charge in [-0.05, 0) is 145 Å². The average Bonchev–Trinajstić information content (AvgIpc) is 4.04. The molecular formula is C67H44N2. The van der Waals surface area contributed by atoms with Crippen LogP contribution in [0.15, 0.2) is 267 Å². The molecule has 1 aromatic heterocycles. The number of fused-ring (bicyclic) bond motifs is 14. The fourth-order valence-electron chi connectivity index (χ4n) is 11.8. The second-order valence-corrected chi connectivity index (χ2v) is 18.4. The summed E-state index contributed by atoms with van der Waals surface area (Å²) in [6, 6.07) is 98.3. The molecular weight excluding hydrogens is 833 g/mol. The second-order valence-electron chi connectivity index (χ2n) is 18.4. The maximum atomic E-state index is 2.50. The lowest BCUT2D eigenvalue weighted by Gasteiger charge is -2.31. The van der Waals surface area contributed by atoms with Crippen LogP contribution in [0.4, 0.5) is 17.1 Å². The number of hydrogen-bond donors (Lipinski definition) is 0. The molecule has 0 fully saturated rings. The van der Waals surface area contributed by atoms with Gasteiger partial charge >= 0.3 is 0 Å². The van der Waals surface area contributed by atoms with Crippen molar-refractivity contribution in [3.05, 3.63) is 289 Å². The van der Waals surface area contributed by atoms with E-state index in [1.165, 1.54) is 105 Å². The van der Waals surface area contributed by atoms with Gasteiger partial charge in [0.15, 0.2) is 0 Å². The maximum absolute atomic E-state index is 2.50. The van der Waals surface area contributed by atoms with Crippen molar-refractivity contribution < 1.29 is 0 Å². The molecule has 1 heterocycles. The van der Waals surface area contributed by atoms with Crippen LogP contribution in [-0.2, 0) is 5.41 Å². The summed E-state index contributed by atoms with van der Waals surface area (Å²) in [5, 5.41) is 2.58. The molecule has 11 aromatic carbocycles. The van der Waals surface area contributed by atoms with Crippen LogP contribution in [0.2, 0.25) is 0 Å². The van der Waals surface area contributed by atoms with Crippen molar-refractivity contribution in [3.63, 3.8) is 0 Å². The molecule has 0 saturated heterocycles. The third-order valence-electron chi connectivity index (χ3n) is 14.8. The van der Waals surface area contributed by atoms with Crippen LogP contribution < -0.4 is 4.90 Å². The van der Waals surface area contributed by atoms with Gasteiger partial charge in [-0.2, -0.15) is 0 Å². The number of aromatic nitrogens is 1. The zero-order valence-electron chi connectivity index (χ0n) is 37.8. The Morgan fingerprint density at radius 2 is 0.739 bits per heavy atom. The minimum Gasteiger partial charge on any atom is -0.311 e. The van der Waals surface area contributed by atoms with Crippen molar-refractivity contribution in [2.75, 3.05) is 4.90 Å². The van der Waals surface area contributed by atoms with E-state index in [1.807, 2.05) is 0 Å². The first-order chi connectivity index (χ1) is 34.2. The summed E-state index contributed by atoms with van der Waals surface area (Å²) in [7, 11) is 0. The fourth-order valence-corrected chi connectivity index (χ4v) is 11.8. The molecule has 1 unspecified atom stereocenters. The van der Waals surface area contributed by atoms with Gasteiger partial charge in [0.1, 0.15) is 0 Å². The van der Waals surface area contributed by atoms with Gasteiger partial charge in [-0.1, -0.05) is 200 Å². The third-order valence-corrected chi connectivity index (χ3v) is 14.8. The Labute approximate surface area is 402 Å². The van der Waals surface area contributed by atoms with Crippen molar-refractivity contribution in [1.29, 1.82) is 0 Å². The predicted octanol–water partition coefficient (Wildman–Crippen LogP) is 17.6. The quantitative estimate of drug-likeness (QED) is 0.155. The Hall–Kier alpha value is -8.98. The van der Waals surface area contributed by atoms with E-state index >= 15 is 0 Å². The van der Waals surface area contributed by atoms with Gasteiger partial charge < -0.3 is 9.47 Å². The number of para-hydroxylation sites is 2. The normalized spacial score (nSPS) is 14.1. The molecule has 0 N–H and O–H groups in total. The number of rotatable bonds is 7. The molecule has 0 amide bonds. The standard InChI is InChI=1S/C67H44N2/c1-4-16-45(17-5-1)47-28-35-52(36-29-47)68(53-37-30-48(31-38-53)46-18-6-2-7-19-46)54-39-32-49(33-40-54)50-34-41-56-55-22-10-13-25-59(55)67(62(56)44-50)60-26-14-11-23-57(60)65-61(67)42-43-64-66(65)58-24-12-15-27-63(58)69(64)51-20-8-3-9-21-51/h1-44H. The van der Waals surface area contributed by atoms with Gasteiger partial charge in [-0.3, -0.25) is 0 Å². The van der Waals surface area contributed by atoms with Crippen LogP contribution in [0.25, 0.3) is 83.1 Å². The van der Waals surface area contributed by atoms with E-state index in [0.29, 0.717) is 0 Å². The van der Waals surface area contributed by atoms with Crippen molar-refractivity contribution >= 4 is 38.9 Å². The molecule has 2 nitrogen and oxygen atoms in total. The first kappa shape index (κ1) is 39.2. The zero-order valence-corrected chi connectivity index (χ0v) is 37.8. The van der Waals surface area contributed by atoms with Crippen LogP contribution in [0.1, 0.15) is 22.3 Å². The lowest BCUT2D eigenvalue weighted by atomic mass is 9.70. The number of benzene rings is 11. The lowest BCUT2D eigenvalue weighted by Crippen LogP contribution is -2.25. The molecule has 69 heavy (non-hydrogen) atoms. The number of nitrogens with zero attached hydrogens (tertiary/aromatic N) is 2. The summed E-state index contributed by atoms with van der Waals surface area (Å²) >= 11 is 0. The minimum absolute atomic E-state index is 0.493. The fraction of sp³-hybridized carbons (Fsp3) is 0.0149. The third kappa shape index (κ3) is 5.92.